The highest BCUT2D eigenvalue weighted by atomic mass is 35.5. The molecule has 0 heterocycles. The van der Waals surface area contributed by atoms with Crippen LogP contribution in [-0.2, 0) is 14.3 Å². The lowest BCUT2D eigenvalue weighted by atomic mass is 9.79. The zero-order valence-electron chi connectivity index (χ0n) is 19.8. The van der Waals surface area contributed by atoms with Crippen LogP contribution in [0.25, 0.3) is 10.8 Å². The standard InChI is InChI=1S/C28H30ClNO4/c1-5-34-25(32)16-15-24(31)30-27(28(2,3)4)22-14-13-19(29)17-23(22)26(33)21-12-8-10-18-9-6-7-11-20(18)21/h6-17,26-27,33H,5H2,1-4H3,(H,30,31)/b16-15+. The van der Waals surface area contributed by atoms with E-state index in [2.05, 4.69) is 5.32 Å². The fourth-order valence-corrected chi connectivity index (χ4v) is 4.17. The summed E-state index contributed by atoms with van der Waals surface area (Å²) in [6.45, 7) is 7.92. The number of carbonyl (C=O) groups excluding carboxylic acids is 2. The molecule has 0 spiro atoms. The van der Waals surface area contributed by atoms with E-state index in [9.17, 15) is 14.7 Å². The molecule has 0 aliphatic carbocycles. The van der Waals surface area contributed by atoms with E-state index >= 15 is 0 Å². The van der Waals surface area contributed by atoms with Crippen LogP contribution >= 0.6 is 11.6 Å². The van der Waals surface area contributed by atoms with Gasteiger partial charge >= 0.3 is 5.97 Å². The van der Waals surface area contributed by atoms with Gasteiger partial charge in [-0.05, 0) is 51.9 Å². The fraction of sp³-hybridized carbons (Fsp3) is 0.286. The van der Waals surface area contributed by atoms with Crippen molar-refractivity contribution in [2.24, 2.45) is 5.41 Å². The molecule has 0 aromatic heterocycles. The van der Waals surface area contributed by atoms with Crippen LogP contribution in [0.15, 0.2) is 72.8 Å². The second-order valence-corrected chi connectivity index (χ2v) is 9.57. The number of aliphatic hydroxyl groups excluding tert-OH is 1. The molecule has 6 heteroatoms. The highest BCUT2D eigenvalue weighted by Crippen LogP contribution is 2.40. The first kappa shape index (κ1) is 25.5. The van der Waals surface area contributed by atoms with Crippen molar-refractivity contribution < 1.29 is 19.4 Å². The minimum atomic E-state index is -0.961. The number of nitrogens with one attached hydrogen (secondary N) is 1. The number of ether oxygens (including phenoxy) is 1. The van der Waals surface area contributed by atoms with Gasteiger partial charge in [0.2, 0.25) is 5.91 Å². The minimum Gasteiger partial charge on any atom is -0.463 e. The normalized spacial score (nSPS) is 13.6. The Morgan fingerprint density at radius 2 is 1.71 bits per heavy atom. The smallest absolute Gasteiger partial charge is 0.330 e. The van der Waals surface area contributed by atoms with Crippen molar-refractivity contribution in [3.8, 4) is 0 Å². The Morgan fingerprint density at radius 1 is 1.00 bits per heavy atom. The Morgan fingerprint density at radius 3 is 2.41 bits per heavy atom. The molecule has 3 rings (SSSR count). The zero-order chi connectivity index (χ0) is 24.9. The molecule has 0 fully saturated rings. The number of benzene rings is 3. The van der Waals surface area contributed by atoms with E-state index in [0.717, 1.165) is 34.1 Å². The molecule has 3 aromatic carbocycles. The van der Waals surface area contributed by atoms with Crippen LogP contribution in [0, 0.1) is 5.41 Å². The molecule has 178 valence electrons. The van der Waals surface area contributed by atoms with Crippen LogP contribution in [0.2, 0.25) is 5.02 Å². The van der Waals surface area contributed by atoms with Crippen LogP contribution in [0.3, 0.4) is 0 Å². The molecule has 1 amide bonds. The number of hydrogen-bond donors (Lipinski definition) is 2. The van der Waals surface area contributed by atoms with Crippen LogP contribution in [0.4, 0.5) is 0 Å². The van der Waals surface area contributed by atoms with Gasteiger partial charge in [0.25, 0.3) is 0 Å². The average molecular weight is 480 g/mol. The second-order valence-electron chi connectivity index (χ2n) is 9.14. The van der Waals surface area contributed by atoms with E-state index in [1.54, 1.807) is 19.1 Å². The maximum atomic E-state index is 12.7. The third-order valence-electron chi connectivity index (χ3n) is 5.58. The van der Waals surface area contributed by atoms with E-state index in [4.69, 9.17) is 16.3 Å². The maximum absolute atomic E-state index is 12.7. The number of rotatable bonds is 7. The molecule has 0 saturated heterocycles. The van der Waals surface area contributed by atoms with Gasteiger partial charge in [0.15, 0.2) is 0 Å². The molecule has 0 aliphatic heterocycles. The predicted molar refractivity (Wildman–Crippen MR) is 136 cm³/mol. The Balaban J connectivity index is 2.03. The van der Waals surface area contributed by atoms with Crippen molar-refractivity contribution in [3.05, 3.63) is 94.5 Å². The molecular weight excluding hydrogens is 450 g/mol. The van der Waals surface area contributed by atoms with E-state index in [1.807, 2.05) is 69.3 Å². The summed E-state index contributed by atoms with van der Waals surface area (Å²) in [7, 11) is 0. The van der Waals surface area contributed by atoms with Crippen molar-refractivity contribution in [1.82, 2.24) is 5.32 Å². The van der Waals surface area contributed by atoms with Crippen molar-refractivity contribution in [3.63, 3.8) is 0 Å². The van der Waals surface area contributed by atoms with Crippen molar-refractivity contribution >= 4 is 34.2 Å². The number of amides is 1. The summed E-state index contributed by atoms with van der Waals surface area (Å²) in [4.78, 5) is 24.3. The first-order valence-corrected chi connectivity index (χ1v) is 11.6. The van der Waals surface area contributed by atoms with Gasteiger partial charge in [0.1, 0.15) is 6.10 Å². The number of carbonyl (C=O) groups is 2. The SMILES string of the molecule is CCOC(=O)/C=C/C(=O)NC(c1ccc(Cl)cc1C(O)c1cccc2ccccc12)C(C)(C)C. The summed E-state index contributed by atoms with van der Waals surface area (Å²) >= 11 is 6.34. The average Bonchev–Trinajstić information content (AvgIpc) is 2.80. The monoisotopic (exact) mass is 479 g/mol. The lowest BCUT2D eigenvalue weighted by Crippen LogP contribution is -2.36. The third kappa shape index (κ3) is 6.04. The quantitative estimate of drug-likeness (QED) is 0.327. The van der Waals surface area contributed by atoms with Crippen LogP contribution in [-0.4, -0.2) is 23.6 Å². The largest absolute Gasteiger partial charge is 0.463 e. The Hall–Kier alpha value is -3.15. The second kappa shape index (κ2) is 10.9. The Labute approximate surface area is 205 Å². The molecular formula is C28H30ClNO4. The van der Waals surface area contributed by atoms with Gasteiger partial charge in [-0.3, -0.25) is 4.79 Å². The minimum absolute atomic E-state index is 0.232. The third-order valence-corrected chi connectivity index (χ3v) is 5.82. The van der Waals surface area contributed by atoms with Crippen molar-refractivity contribution in [2.75, 3.05) is 6.61 Å². The number of fused-ring (bicyclic) bond motifs is 1. The van der Waals surface area contributed by atoms with Gasteiger partial charge in [0.05, 0.1) is 12.6 Å². The van der Waals surface area contributed by atoms with E-state index in [0.29, 0.717) is 10.6 Å². The summed E-state index contributed by atoms with van der Waals surface area (Å²) in [5, 5.41) is 17.0. The predicted octanol–water partition coefficient (Wildman–Crippen LogP) is 5.90. The lowest BCUT2D eigenvalue weighted by molar-refractivity contribution is -0.137. The van der Waals surface area contributed by atoms with Gasteiger partial charge in [-0.1, -0.05) is 80.9 Å². The van der Waals surface area contributed by atoms with Gasteiger partial charge < -0.3 is 15.2 Å². The summed E-state index contributed by atoms with van der Waals surface area (Å²) in [6, 6.07) is 18.5. The molecule has 0 bridgehead atoms. The zero-order valence-corrected chi connectivity index (χ0v) is 20.6. The molecule has 34 heavy (non-hydrogen) atoms. The van der Waals surface area contributed by atoms with E-state index < -0.39 is 29.4 Å². The number of aliphatic hydroxyl groups is 1. The van der Waals surface area contributed by atoms with Gasteiger partial charge in [0, 0.05) is 17.2 Å². The Bertz CT molecular complexity index is 1210. The molecule has 0 saturated carbocycles. The number of esters is 1. The molecule has 2 atom stereocenters. The molecule has 3 aromatic rings. The first-order valence-electron chi connectivity index (χ1n) is 11.2. The fourth-order valence-electron chi connectivity index (χ4n) is 3.99. The first-order chi connectivity index (χ1) is 16.1. The lowest BCUT2D eigenvalue weighted by Gasteiger charge is -2.34. The van der Waals surface area contributed by atoms with Crippen molar-refractivity contribution in [2.45, 2.75) is 39.8 Å². The molecule has 2 N–H and O–H groups in total. The van der Waals surface area contributed by atoms with Crippen LogP contribution in [0.1, 0.15) is 56.5 Å². The highest BCUT2D eigenvalue weighted by Gasteiger charge is 2.31. The van der Waals surface area contributed by atoms with Gasteiger partial charge in [-0.2, -0.15) is 0 Å². The van der Waals surface area contributed by atoms with E-state index in [1.165, 1.54) is 0 Å². The summed E-state index contributed by atoms with van der Waals surface area (Å²) in [5.74, 6) is -1.02. The Kier molecular flexibility index (Phi) is 8.13. The molecule has 0 radical (unpaired) electrons. The summed E-state index contributed by atoms with van der Waals surface area (Å²) in [6.07, 6.45) is 1.30. The van der Waals surface area contributed by atoms with Gasteiger partial charge in [-0.25, -0.2) is 4.79 Å². The maximum Gasteiger partial charge on any atom is 0.330 e. The topological polar surface area (TPSA) is 75.6 Å². The molecule has 2 unspecified atom stereocenters. The molecule has 5 nitrogen and oxygen atoms in total. The highest BCUT2D eigenvalue weighted by molar-refractivity contribution is 6.30. The van der Waals surface area contributed by atoms with Gasteiger partial charge in [-0.15, -0.1) is 0 Å². The summed E-state index contributed by atoms with van der Waals surface area (Å²) in [5.41, 5.74) is 1.70. The number of hydrogen-bond acceptors (Lipinski definition) is 4. The van der Waals surface area contributed by atoms with Crippen LogP contribution in [0.5, 0.6) is 0 Å². The number of halogens is 1. The summed E-state index contributed by atoms with van der Waals surface area (Å²) < 4.78 is 4.84. The van der Waals surface area contributed by atoms with Crippen molar-refractivity contribution in [1.29, 1.82) is 0 Å². The van der Waals surface area contributed by atoms with E-state index in [-0.39, 0.29) is 6.61 Å². The van der Waals surface area contributed by atoms with Crippen LogP contribution < -0.4 is 5.32 Å². The molecule has 0 aliphatic rings.